The molecule has 0 bridgehead atoms. The second-order valence-electron chi connectivity index (χ2n) is 3.90. The van der Waals surface area contributed by atoms with Gasteiger partial charge < -0.3 is 10.5 Å². The quantitative estimate of drug-likeness (QED) is 0.885. The molecule has 2 rings (SSSR count). The average molecular weight is 283 g/mol. The molecule has 0 aliphatic heterocycles. The highest BCUT2D eigenvalue weighted by Gasteiger charge is 2.01. The number of thiazole rings is 1. The van der Waals surface area contributed by atoms with Crippen LogP contribution in [0.1, 0.15) is 16.9 Å². The van der Waals surface area contributed by atoms with Gasteiger partial charge in [0.25, 0.3) is 0 Å². The largest absolute Gasteiger partial charge is 0.488 e. The van der Waals surface area contributed by atoms with Crippen LogP contribution >= 0.6 is 22.9 Å². The van der Waals surface area contributed by atoms with Crippen LogP contribution in [0.2, 0.25) is 4.47 Å². The highest BCUT2D eigenvalue weighted by Crippen LogP contribution is 2.20. The molecule has 0 aliphatic rings. The minimum absolute atomic E-state index is 0.506. The van der Waals surface area contributed by atoms with Crippen LogP contribution in [0.3, 0.4) is 0 Å². The van der Waals surface area contributed by atoms with Crippen LogP contribution in [0.15, 0.2) is 30.5 Å². The molecule has 0 aliphatic carbocycles. The first-order valence-corrected chi connectivity index (χ1v) is 6.99. The van der Waals surface area contributed by atoms with Crippen LogP contribution < -0.4 is 10.5 Å². The Morgan fingerprint density at radius 3 is 2.67 bits per heavy atom. The number of hydrogen-bond acceptors (Lipinski definition) is 4. The van der Waals surface area contributed by atoms with Gasteiger partial charge in [0.1, 0.15) is 12.4 Å². The first kappa shape index (κ1) is 13.3. The number of nitrogens with two attached hydrogens (primary N) is 1. The number of aryl methyl sites for hydroxylation is 1. The van der Waals surface area contributed by atoms with Gasteiger partial charge >= 0.3 is 0 Å². The molecular formula is C13H15ClN2OS. The van der Waals surface area contributed by atoms with E-state index in [0.29, 0.717) is 11.1 Å². The summed E-state index contributed by atoms with van der Waals surface area (Å²) in [4.78, 5) is 4.99. The summed E-state index contributed by atoms with van der Waals surface area (Å²) >= 11 is 7.19. The Morgan fingerprint density at radius 2 is 2.06 bits per heavy atom. The summed E-state index contributed by atoms with van der Waals surface area (Å²) in [6.07, 6.45) is 3.77. The molecule has 0 fully saturated rings. The van der Waals surface area contributed by atoms with Gasteiger partial charge in [0.15, 0.2) is 4.47 Å². The van der Waals surface area contributed by atoms with Gasteiger partial charge in [0, 0.05) is 6.20 Å². The molecule has 1 aromatic heterocycles. The molecule has 0 unspecified atom stereocenters. The van der Waals surface area contributed by atoms with Gasteiger partial charge in [-0.15, -0.1) is 11.3 Å². The van der Waals surface area contributed by atoms with Gasteiger partial charge in [0.2, 0.25) is 0 Å². The van der Waals surface area contributed by atoms with Crippen molar-refractivity contribution in [1.29, 1.82) is 0 Å². The Morgan fingerprint density at radius 1 is 1.28 bits per heavy atom. The SMILES string of the molecule is NCCCc1ccc(OCc2cnc(Cl)s2)cc1. The van der Waals surface area contributed by atoms with E-state index in [1.54, 1.807) is 6.20 Å². The highest BCUT2D eigenvalue weighted by atomic mass is 35.5. The van der Waals surface area contributed by atoms with Gasteiger partial charge in [0.05, 0.1) is 4.88 Å². The minimum Gasteiger partial charge on any atom is -0.488 e. The van der Waals surface area contributed by atoms with E-state index >= 15 is 0 Å². The molecule has 96 valence electrons. The lowest BCUT2D eigenvalue weighted by molar-refractivity contribution is 0.309. The van der Waals surface area contributed by atoms with Gasteiger partial charge in [-0.3, -0.25) is 0 Å². The lowest BCUT2D eigenvalue weighted by atomic mass is 10.1. The smallest absolute Gasteiger partial charge is 0.183 e. The van der Waals surface area contributed by atoms with Crippen LogP contribution in [-0.2, 0) is 13.0 Å². The van der Waals surface area contributed by atoms with Crippen molar-refractivity contribution in [1.82, 2.24) is 4.98 Å². The van der Waals surface area contributed by atoms with Crippen LogP contribution in [0, 0.1) is 0 Å². The van der Waals surface area contributed by atoms with E-state index in [1.807, 2.05) is 12.1 Å². The zero-order chi connectivity index (χ0) is 12.8. The highest BCUT2D eigenvalue weighted by molar-refractivity contribution is 7.15. The zero-order valence-corrected chi connectivity index (χ0v) is 11.5. The van der Waals surface area contributed by atoms with Crippen LogP contribution in [0.25, 0.3) is 0 Å². The first-order chi connectivity index (χ1) is 8.78. The van der Waals surface area contributed by atoms with Crippen molar-refractivity contribution >= 4 is 22.9 Å². The predicted molar refractivity (Wildman–Crippen MR) is 75.3 cm³/mol. The van der Waals surface area contributed by atoms with Gasteiger partial charge in [-0.05, 0) is 37.1 Å². The third-order valence-electron chi connectivity index (χ3n) is 2.50. The van der Waals surface area contributed by atoms with Crippen molar-refractivity contribution in [2.75, 3.05) is 6.54 Å². The molecule has 0 amide bonds. The number of aromatic nitrogens is 1. The summed E-state index contributed by atoms with van der Waals surface area (Å²) < 4.78 is 6.20. The monoisotopic (exact) mass is 282 g/mol. The van der Waals surface area contributed by atoms with Crippen LogP contribution in [0.4, 0.5) is 0 Å². The predicted octanol–water partition coefficient (Wildman–Crippen LogP) is 3.27. The fourth-order valence-electron chi connectivity index (χ4n) is 1.56. The molecule has 0 saturated carbocycles. The number of ether oxygens (including phenoxy) is 1. The molecule has 5 heteroatoms. The fraction of sp³-hybridized carbons (Fsp3) is 0.308. The molecule has 0 spiro atoms. The summed E-state index contributed by atoms with van der Waals surface area (Å²) in [5.41, 5.74) is 6.77. The average Bonchev–Trinajstić information content (AvgIpc) is 2.81. The normalized spacial score (nSPS) is 10.6. The number of rotatable bonds is 6. The molecule has 2 N–H and O–H groups in total. The maximum atomic E-state index is 5.75. The Hall–Kier alpha value is -1.10. The minimum atomic E-state index is 0.506. The number of halogens is 1. The summed E-state index contributed by atoms with van der Waals surface area (Å²) in [6.45, 7) is 1.23. The van der Waals surface area contributed by atoms with E-state index < -0.39 is 0 Å². The Balaban J connectivity index is 1.86. The molecule has 2 aromatic rings. The Kier molecular flexibility index (Phi) is 4.99. The standard InChI is InChI=1S/C13H15ClN2OS/c14-13-16-8-12(18-13)9-17-11-5-3-10(4-6-11)2-1-7-15/h3-6,8H,1-2,7,9,15H2. The topological polar surface area (TPSA) is 48.1 Å². The summed E-state index contributed by atoms with van der Waals surface area (Å²) in [5, 5.41) is 0. The summed E-state index contributed by atoms with van der Waals surface area (Å²) in [5.74, 6) is 0.857. The van der Waals surface area contributed by atoms with Gasteiger partial charge in [-0.1, -0.05) is 23.7 Å². The summed E-state index contributed by atoms with van der Waals surface area (Å²) in [7, 11) is 0. The zero-order valence-electron chi connectivity index (χ0n) is 9.93. The third kappa shape index (κ3) is 3.98. The second kappa shape index (κ2) is 6.73. The number of benzene rings is 1. The first-order valence-electron chi connectivity index (χ1n) is 5.80. The molecule has 3 nitrogen and oxygen atoms in total. The van der Waals surface area contributed by atoms with E-state index in [-0.39, 0.29) is 0 Å². The number of hydrogen-bond donors (Lipinski definition) is 1. The lowest BCUT2D eigenvalue weighted by Gasteiger charge is -2.05. The molecule has 0 atom stereocenters. The van der Waals surface area contributed by atoms with E-state index in [2.05, 4.69) is 17.1 Å². The number of nitrogens with zero attached hydrogens (tertiary/aromatic N) is 1. The van der Waals surface area contributed by atoms with E-state index in [1.165, 1.54) is 16.9 Å². The molecule has 1 aromatic carbocycles. The third-order valence-corrected chi connectivity index (χ3v) is 3.59. The van der Waals surface area contributed by atoms with Crippen molar-refractivity contribution in [3.05, 3.63) is 45.4 Å². The van der Waals surface area contributed by atoms with Crippen molar-refractivity contribution in [2.24, 2.45) is 5.73 Å². The van der Waals surface area contributed by atoms with E-state index in [4.69, 9.17) is 22.1 Å². The van der Waals surface area contributed by atoms with Gasteiger partial charge in [-0.25, -0.2) is 4.98 Å². The second-order valence-corrected chi connectivity index (χ2v) is 5.60. The fourth-order valence-corrected chi connectivity index (χ4v) is 2.45. The molecular weight excluding hydrogens is 268 g/mol. The molecule has 18 heavy (non-hydrogen) atoms. The van der Waals surface area contributed by atoms with Crippen molar-refractivity contribution < 1.29 is 4.74 Å². The maximum absolute atomic E-state index is 5.75. The van der Waals surface area contributed by atoms with Crippen molar-refractivity contribution in [2.45, 2.75) is 19.4 Å². The van der Waals surface area contributed by atoms with Gasteiger partial charge in [-0.2, -0.15) is 0 Å². The van der Waals surface area contributed by atoms with E-state index in [9.17, 15) is 0 Å². The maximum Gasteiger partial charge on any atom is 0.183 e. The van der Waals surface area contributed by atoms with Crippen molar-refractivity contribution in [3.8, 4) is 5.75 Å². The van der Waals surface area contributed by atoms with Crippen molar-refractivity contribution in [3.63, 3.8) is 0 Å². The van der Waals surface area contributed by atoms with E-state index in [0.717, 1.165) is 30.0 Å². The lowest BCUT2D eigenvalue weighted by Crippen LogP contribution is -2.00. The summed E-state index contributed by atoms with van der Waals surface area (Å²) in [6, 6.07) is 8.11. The Bertz CT molecular complexity index is 484. The molecule has 1 heterocycles. The molecule has 0 saturated heterocycles. The van der Waals surface area contributed by atoms with Crippen LogP contribution in [0.5, 0.6) is 5.75 Å². The van der Waals surface area contributed by atoms with Crippen LogP contribution in [-0.4, -0.2) is 11.5 Å². The Labute approximate surface area is 116 Å². The molecule has 0 radical (unpaired) electrons.